The fourth-order valence-corrected chi connectivity index (χ4v) is 3.49. The molecule has 4 nitrogen and oxygen atoms in total. The highest BCUT2D eigenvalue weighted by Gasteiger charge is 2.58. The first-order valence-corrected chi connectivity index (χ1v) is 7.00. The topological polar surface area (TPSA) is 36.9 Å². The van der Waals surface area contributed by atoms with Gasteiger partial charge in [-0.3, -0.25) is 0 Å². The van der Waals surface area contributed by atoms with Gasteiger partial charge < -0.3 is 18.9 Å². The van der Waals surface area contributed by atoms with E-state index in [1.807, 2.05) is 6.92 Å². The molecule has 0 radical (unpaired) electrons. The second-order valence-corrected chi connectivity index (χ2v) is 5.83. The third-order valence-electron chi connectivity index (χ3n) is 4.49. The Morgan fingerprint density at radius 1 is 1.47 bits per heavy atom. The van der Waals surface area contributed by atoms with Crippen LogP contribution in [0.15, 0.2) is 17.9 Å². The summed E-state index contributed by atoms with van der Waals surface area (Å²) in [5.74, 6) is 0. The predicted octanol–water partition coefficient (Wildman–Crippen LogP) is 2.19. The summed E-state index contributed by atoms with van der Waals surface area (Å²) in [5, 5.41) is 0. The molecule has 5 atom stereocenters. The van der Waals surface area contributed by atoms with E-state index in [9.17, 15) is 0 Å². The average Bonchev–Trinajstić information content (AvgIpc) is 2.71. The summed E-state index contributed by atoms with van der Waals surface area (Å²) < 4.78 is 23.4. The quantitative estimate of drug-likeness (QED) is 0.734. The van der Waals surface area contributed by atoms with Crippen molar-refractivity contribution < 1.29 is 18.9 Å². The molecule has 3 rings (SSSR count). The van der Waals surface area contributed by atoms with Gasteiger partial charge in [-0.1, -0.05) is 6.58 Å². The summed E-state index contributed by atoms with van der Waals surface area (Å²) in [7, 11) is 1.66. The van der Waals surface area contributed by atoms with E-state index in [4.69, 9.17) is 18.9 Å². The lowest BCUT2D eigenvalue weighted by Crippen LogP contribution is -2.54. The van der Waals surface area contributed by atoms with Crippen molar-refractivity contribution >= 4 is 0 Å². The van der Waals surface area contributed by atoms with Crippen molar-refractivity contribution in [2.75, 3.05) is 13.7 Å². The normalized spacial score (nSPS) is 44.5. The van der Waals surface area contributed by atoms with Crippen molar-refractivity contribution in [2.24, 2.45) is 0 Å². The summed E-state index contributed by atoms with van der Waals surface area (Å²) in [6, 6.07) is 0. The Bertz CT molecular complexity index is 401. The maximum Gasteiger partial charge on any atom is 0.183 e. The maximum atomic E-state index is 6.34. The summed E-state index contributed by atoms with van der Waals surface area (Å²) in [6.07, 6.45) is 3.99. The minimum Gasteiger partial charge on any atom is -0.366 e. The predicted molar refractivity (Wildman–Crippen MR) is 69.8 cm³/mol. The summed E-state index contributed by atoms with van der Waals surface area (Å²) in [6.45, 7) is 6.31. The molecule has 0 aromatic carbocycles. The average molecular weight is 266 g/mol. The number of hydrogen-bond donors (Lipinski definition) is 0. The molecule has 19 heavy (non-hydrogen) atoms. The van der Waals surface area contributed by atoms with Gasteiger partial charge in [-0.2, -0.15) is 0 Å². The zero-order chi connectivity index (χ0) is 13.5. The first-order valence-electron chi connectivity index (χ1n) is 7.00. The number of fused-ring (bicyclic) bond motifs is 1. The van der Waals surface area contributed by atoms with E-state index in [0.29, 0.717) is 6.61 Å². The molecule has 3 fully saturated rings. The van der Waals surface area contributed by atoms with Crippen LogP contribution >= 0.6 is 0 Å². The van der Waals surface area contributed by atoms with E-state index in [-0.39, 0.29) is 30.2 Å². The molecule has 3 saturated heterocycles. The van der Waals surface area contributed by atoms with E-state index < -0.39 is 0 Å². The van der Waals surface area contributed by atoms with Gasteiger partial charge in [0.1, 0.15) is 11.7 Å². The van der Waals surface area contributed by atoms with Crippen LogP contribution in [0, 0.1) is 0 Å². The van der Waals surface area contributed by atoms with Crippen LogP contribution in [0.4, 0.5) is 0 Å². The van der Waals surface area contributed by atoms with Crippen molar-refractivity contribution in [3.8, 4) is 0 Å². The molecular weight excluding hydrogens is 244 g/mol. The Balaban J connectivity index is 1.71. The van der Waals surface area contributed by atoms with E-state index in [2.05, 4.69) is 12.3 Å². The molecule has 3 aliphatic rings. The van der Waals surface area contributed by atoms with Gasteiger partial charge in [0.25, 0.3) is 0 Å². The summed E-state index contributed by atoms with van der Waals surface area (Å²) in [5.41, 5.74) is 3.84. The van der Waals surface area contributed by atoms with Crippen molar-refractivity contribution in [3.05, 3.63) is 17.9 Å². The van der Waals surface area contributed by atoms with Crippen LogP contribution in [-0.4, -0.2) is 43.9 Å². The zero-order valence-corrected chi connectivity index (χ0v) is 11.7. The van der Waals surface area contributed by atoms with Gasteiger partial charge in [-0.25, -0.2) is 0 Å². The smallest absolute Gasteiger partial charge is 0.183 e. The third-order valence-corrected chi connectivity index (χ3v) is 4.49. The second kappa shape index (κ2) is 5.04. The van der Waals surface area contributed by atoms with Crippen molar-refractivity contribution in [1.82, 2.24) is 0 Å². The monoisotopic (exact) mass is 266 g/mol. The molecule has 0 aromatic rings. The molecule has 0 unspecified atom stereocenters. The Morgan fingerprint density at radius 2 is 2.32 bits per heavy atom. The molecular formula is C15H22O4. The molecule has 0 aromatic heterocycles. The minimum atomic E-state index is -0.260. The van der Waals surface area contributed by atoms with Crippen LogP contribution in [0.25, 0.3) is 0 Å². The molecule has 3 aliphatic heterocycles. The lowest BCUT2D eigenvalue weighted by molar-refractivity contribution is -0.230. The van der Waals surface area contributed by atoms with E-state index in [1.165, 1.54) is 0 Å². The van der Waals surface area contributed by atoms with Crippen LogP contribution in [0.5, 0.6) is 0 Å². The Morgan fingerprint density at radius 3 is 3.05 bits per heavy atom. The molecule has 0 amide bonds. The summed E-state index contributed by atoms with van der Waals surface area (Å²) in [4.78, 5) is 0. The first kappa shape index (κ1) is 13.3. The largest absolute Gasteiger partial charge is 0.366 e. The van der Waals surface area contributed by atoms with E-state index in [0.717, 1.165) is 31.3 Å². The molecule has 0 aliphatic carbocycles. The Labute approximate surface area is 114 Å². The Kier molecular flexibility index (Phi) is 3.54. The first-order chi connectivity index (χ1) is 9.16. The molecule has 2 bridgehead atoms. The third kappa shape index (κ3) is 2.28. The van der Waals surface area contributed by atoms with Crippen molar-refractivity contribution in [3.63, 3.8) is 0 Å². The highest BCUT2D eigenvalue weighted by molar-refractivity contribution is 5.06. The van der Waals surface area contributed by atoms with Crippen LogP contribution in [0.2, 0.25) is 0 Å². The highest BCUT2D eigenvalue weighted by atomic mass is 16.7. The van der Waals surface area contributed by atoms with Crippen LogP contribution < -0.4 is 0 Å². The lowest BCUT2D eigenvalue weighted by atomic mass is 9.85. The van der Waals surface area contributed by atoms with Gasteiger partial charge in [-0.15, -0.1) is 5.73 Å². The molecule has 0 saturated carbocycles. The van der Waals surface area contributed by atoms with Gasteiger partial charge in [0, 0.05) is 20.0 Å². The lowest BCUT2D eigenvalue weighted by Gasteiger charge is -2.43. The van der Waals surface area contributed by atoms with Gasteiger partial charge in [0.2, 0.25) is 0 Å². The van der Waals surface area contributed by atoms with Crippen molar-refractivity contribution in [2.45, 2.75) is 62.8 Å². The van der Waals surface area contributed by atoms with Crippen LogP contribution in [0.1, 0.15) is 32.6 Å². The maximum absolute atomic E-state index is 6.34. The van der Waals surface area contributed by atoms with E-state index in [1.54, 1.807) is 7.11 Å². The van der Waals surface area contributed by atoms with Gasteiger partial charge in [0.05, 0.1) is 18.8 Å². The SMILES string of the molecule is C=C=C(C)C[C@H]1CC[C@@H]2O[C@@H]3C[C@]2(CO[C@H]3OC)O1. The number of methoxy groups -OCH3 is 1. The molecule has 3 heterocycles. The van der Waals surface area contributed by atoms with Crippen molar-refractivity contribution in [1.29, 1.82) is 0 Å². The molecule has 106 valence electrons. The number of hydrogen-bond acceptors (Lipinski definition) is 4. The molecule has 4 heteroatoms. The molecule has 0 N–H and O–H groups in total. The highest BCUT2D eigenvalue weighted by Crippen LogP contribution is 2.46. The second-order valence-electron chi connectivity index (χ2n) is 5.83. The van der Waals surface area contributed by atoms with Crippen LogP contribution in [0.3, 0.4) is 0 Å². The number of ether oxygens (including phenoxy) is 4. The van der Waals surface area contributed by atoms with Gasteiger partial charge in [-0.05, 0) is 25.3 Å². The Hall–Kier alpha value is -0.640. The fraction of sp³-hybridized carbons (Fsp3) is 0.800. The fourth-order valence-electron chi connectivity index (χ4n) is 3.49. The van der Waals surface area contributed by atoms with E-state index >= 15 is 0 Å². The zero-order valence-electron chi connectivity index (χ0n) is 11.7. The van der Waals surface area contributed by atoms with Gasteiger partial charge >= 0.3 is 0 Å². The number of rotatable bonds is 3. The minimum absolute atomic E-state index is 0.0125. The van der Waals surface area contributed by atoms with Crippen LogP contribution in [-0.2, 0) is 18.9 Å². The van der Waals surface area contributed by atoms with Gasteiger partial charge in [0.15, 0.2) is 6.29 Å². The summed E-state index contributed by atoms with van der Waals surface area (Å²) >= 11 is 0. The molecule has 1 spiro atoms. The standard InChI is InChI=1S/C15H22O4/c1-4-10(2)7-11-5-6-13-15(19-11)8-12(18-13)14(16-3)17-9-15/h11-14H,1,5-9H2,2-3H3/t11-,12-,13+,14-,15-/m1/s1.